The van der Waals surface area contributed by atoms with Gasteiger partial charge in [-0.1, -0.05) is 15.9 Å². The van der Waals surface area contributed by atoms with Gasteiger partial charge >= 0.3 is 0 Å². The van der Waals surface area contributed by atoms with Gasteiger partial charge in [-0.05, 0) is 51.3 Å². The number of piperidine rings is 1. The lowest BCUT2D eigenvalue weighted by Gasteiger charge is -2.39. The first-order chi connectivity index (χ1) is 9.49. The highest BCUT2D eigenvalue weighted by molar-refractivity contribution is 9.10. The van der Waals surface area contributed by atoms with Crippen LogP contribution in [-0.2, 0) is 4.79 Å². The summed E-state index contributed by atoms with van der Waals surface area (Å²) < 4.78 is 0.962. The molecule has 2 N–H and O–H groups in total. The van der Waals surface area contributed by atoms with Crippen molar-refractivity contribution in [1.82, 2.24) is 4.90 Å². The Balaban J connectivity index is 1.97. The van der Waals surface area contributed by atoms with Gasteiger partial charge in [-0.15, -0.1) is 11.8 Å². The SMILES string of the molecule is CC1CCCC(C)N1C(=O)CSc1ccc(Br)cc1N. The number of nitrogens with zero attached hydrogens (tertiary/aromatic N) is 1. The van der Waals surface area contributed by atoms with E-state index in [-0.39, 0.29) is 5.91 Å². The van der Waals surface area contributed by atoms with E-state index in [2.05, 4.69) is 29.8 Å². The molecule has 2 atom stereocenters. The van der Waals surface area contributed by atoms with Crippen LogP contribution in [0.25, 0.3) is 0 Å². The Morgan fingerprint density at radius 3 is 2.65 bits per heavy atom. The van der Waals surface area contributed by atoms with Gasteiger partial charge in [-0.3, -0.25) is 4.79 Å². The highest BCUT2D eigenvalue weighted by Crippen LogP contribution is 2.29. The summed E-state index contributed by atoms with van der Waals surface area (Å²) in [6, 6.07) is 6.50. The van der Waals surface area contributed by atoms with Gasteiger partial charge in [0.1, 0.15) is 0 Å². The minimum Gasteiger partial charge on any atom is -0.398 e. The molecule has 3 nitrogen and oxygen atoms in total. The third-order valence-electron chi connectivity index (χ3n) is 3.80. The van der Waals surface area contributed by atoms with E-state index >= 15 is 0 Å². The summed E-state index contributed by atoms with van der Waals surface area (Å²) >= 11 is 4.91. The summed E-state index contributed by atoms with van der Waals surface area (Å²) in [5.41, 5.74) is 6.68. The maximum Gasteiger partial charge on any atom is 0.233 e. The van der Waals surface area contributed by atoms with E-state index < -0.39 is 0 Å². The molecule has 1 aliphatic heterocycles. The summed E-state index contributed by atoms with van der Waals surface area (Å²) in [7, 11) is 0. The smallest absolute Gasteiger partial charge is 0.233 e. The van der Waals surface area contributed by atoms with Crippen molar-refractivity contribution in [1.29, 1.82) is 0 Å². The fourth-order valence-electron chi connectivity index (χ4n) is 2.78. The average molecular weight is 357 g/mol. The number of carbonyl (C=O) groups excluding carboxylic acids is 1. The molecule has 0 spiro atoms. The molecule has 1 aromatic carbocycles. The second-order valence-electron chi connectivity index (χ2n) is 5.40. The molecule has 1 aromatic rings. The van der Waals surface area contributed by atoms with E-state index in [1.54, 1.807) is 0 Å². The lowest BCUT2D eigenvalue weighted by atomic mass is 9.98. The Labute approximate surface area is 133 Å². The molecule has 5 heteroatoms. The topological polar surface area (TPSA) is 46.3 Å². The molecular formula is C15H21BrN2OS. The van der Waals surface area contributed by atoms with Crippen LogP contribution >= 0.6 is 27.7 Å². The molecule has 0 bridgehead atoms. The molecule has 1 heterocycles. The predicted octanol–water partition coefficient (Wildman–Crippen LogP) is 3.91. The number of benzene rings is 1. The van der Waals surface area contributed by atoms with Gasteiger partial charge in [0.25, 0.3) is 0 Å². The predicted molar refractivity (Wildman–Crippen MR) is 88.9 cm³/mol. The zero-order valence-electron chi connectivity index (χ0n) is 11.9. The van der Waals surface area contributed by atoms with E-state index in [1.165, 1.54) is 18.2 Å². The number of nitrogen functional groups attached to an aromatic ring is 1. The highest BCUT2D eigenvalue weighted by atomic mass is 79.9. The quantitative estimate of drug-likeness (QED) is 0.659. The Morgan fingerprint density at radius 2 is 2.05 bits per heavy atom. The standard InChI is InChI=1S/C15H21BrN2OS/c1-10-4-3-5-11(2)18(10)15(19)9-20-14-7-6-12(16)8-13(14)17/h6-8,10-11H,3-5,9,17H2,1-2H3. The van der Waals surface area contributed by atoms with Crippen molar-refractivity contribution < 1.29 is 4.79 Å². The number of hydrogen-bond acceptors (Lipinski definition) is 3. The molecule has 20 heavy (non-hydrogen) atoms. The fourth-order valence-corrected chi connectivity index (χ4v) is 3.97. The minimum atomic E-state index is 0.219. The van der Waals surface area contributed by atoms with Crippen LogP contribution in [0.3, 0.4) is 0 Å². The lowest BCUT2D eigenvalue weighted by molar-refractivity contribution is -0.134. The molecule has 0 radical (unpaired) electrons. The van der Waals surface area contributed by atoms with Gasteiger partial charge < -0.3 is 10.6 Å². The lowest BCUT2D eigenvalue weighted by Crippen LogP contribution is -2.48. The molecule has 1 aliphatic rings. The fraction of sp³-hybridized carbons (Fsp3) is 0.533. The summed E-state index contributed by atoms with van der Waals surface area (Å²) in [6.45, 7) is 4.29. The highest BCUT2D eigenvalue weighted by Gasteiger charge is 2.28. The van der Waals surface area contributed by atoms with Crippen molar-refractivity contribution >= 4 is 39.3 Å². The zero-order valence-corrected chi connectivity index (χ0v) is 14.3. The van der Waals surface area contributed by atoms with Crippen LogP contribution in [0, 0.1) is 0 Å². The summed E-state index contributed by atoms with van der Waals surface area (Å²) in [5, 5.41) is 0. The first-order valence-corrected chi connectivity index (χ1v) is 8.76. The Bertz CT molecular complexity index is 485. The van der Waals surface area contributed by atoms with Crippen molar-refractivity contribution in [2.75, 3.05) is 11.5 Å². The van der Waals surface area contributed by atoms with Gasteiger partial charge in [0.2, 0.25) is 5.91 Å². The number of amides is 1. The number of likely N-dealkylation sites (tertiary alicyclic amines) is 1. The molecule has 0 aromatic heterocycles. The molecule has 2 unspecified atom stereocenters. The number of halogens is 1. The van der Waals surface area contributed by atoms with E-state index in [9.17, 15) is 4.79 Å². The van der Waals surface area contributed by atoms with Crippen LogP contribution in [0.5, 0.6) is 0 Å². The monoisotopic (exact) mass is 356 g/mol. The van der Waals surface area contributed by atoms with Crippen LogP contribution < -0.4 is 5.73 Å². The summed E-state index contributed by atoms with van der Waals surface area (Å²) in [6.07, 6.45) is 3.45. The Hall–Kier alpha value is -0.680. The average Bonchev–Trinajstić information content (AvgIpc) is 2.37. The number of thioether (sulfide) groups is 1. The van der Waals surface area contributed by atoms with Crippen molar-refractivity contribution in [3.8, 4) is 0 Å². The molecule has 110 valence electrons. The van der Waals surface area contributed by atoms with Gasteiger partial charge in [-0.25, -0.2) is 0 Å². The zero-order chi connectivity index (χ0) is 14.7. The first kappa shape index (κ1) is 15.7. The number of nitrogens with two attached hydrogens (primary N) is 1. The second-order valence-corrected chi connectivity index (χ2v) is 7.33. The van der Waals surface area contributed by atoms with Crippen LogP contribution in [0.2, 0.25) is 0 Å². The van der Waals surface area contributed by atoms with Gasteiger partial charge in [0.15, 0.2) is 0 Å². The van der Waals surface area contributed by atoms with Gasteiger partial charge in [-0.2, -0.15) is 0 Å². The number of rotatable bonds is 3. The maximum absolute atomic E-state index is 12.4. The number of hydrogen-bond donors (Lipinski definition) is 1. The van der Waals surface area contributed by atoms with E-state index in [0.29, 0.717) is 17.8 Å². The van der Waals surface area contributed by atoms with Crippen molar-refractivity contribution in [3.63, 3.8) is 0 Å². The molecular weight excluding hydrogens is 336 g/mol. The van der Waals surface area contributed by atoms with Crippen LogP contribution in [-0.4, -0.2) is 28.6 Å². The van der Waals surface area contributed by atoms with Crippen LogP contribution in [0.15, 0.2) is 27.6 Å². The molecule has 1 amide bonds. The Kier molecular flexibility index (Phi) is 5.38. The molecule has 1 saturated heterocycles. The van der Waals surface area contributed by atoms with Crippen LogP contribution in [0.1, 0.15) is 33.1 Å². The molecule has 0 saturated carbocycles. The summed E-state index contributed by atoms with van der Waals surface area (Å²) in [4.78, 5) is 15.4. The van der Waals surface area contributed by atoms with Crippen molar-refractivity contribution in [2.24, 2.45) is 0 Å². The van der Waals surface area contributed by atoms with Gasteiger partial charge in [0.05, 0.1) is 5.75 Å². The number of carbonyl (C=O) groups is 1. The van der Waals surface area contributed by atoms with E-state index in [1.807, 2.05) is 23.1 Å². The second kappa shape index (κ2) is 6.85. The van der Waals surface area contributed by atoms with E-state index in [4.69, 9.17) is 5.73 Å². The number of anilines is 1. The first-order valence-electron chi connectivity index (χ1n) is 6.98. The third kappa shape index (κ3) is 3.70. The van der Waals surface area contributed by atoms with E-state index in [0.717, 1.165) is 27.9 Å². The minimum absolute atomic E-state index is 0.219. The summed E-state index contributed by atoms with van der Waals surface area (Å²) in [5.74, 6) is 0.678. The Morgan fingerprint density at radius 1 is 1.40 bits per heavy atom. The normalized spacial score (nSPS) is 22.9. The van der Waals surface area contributed by atoms with Gasteiger partial charge in [0, 0.05) is 27.1 Å². The molecule has 1 fully saturated rings. The van der Waals surface area contributed by atoms with Crippen LogP contribution in [0.4, 0.5) is 5.69 Å². The third-order valence-corrected chi connectivity index (χ3v) is 5.37. The molecule has 2 rings (SSSR count). The largest absolute Gasteiger partial charge is 0.398 e. The van der Waals surface area contributed by atoms with Crippen molar-refractivity contribution in [3.05, 3.63) is 22.7 Å². The molecule has 0 aliphatic carbocycles. The maximum atomic E-state index is 12.4. The van der Waals surface area contributed by atoms with Crippen molar-refractivity contribution in [2.45, 2.75) is 50.1 Å².